The summed E-state index contributed by atoms with van der Waals surface area (Å²) in [6.45, 7) is 0.701. The first-order valence-corrected chi connectivity index (χ1v) is 6.65. The number of aromatic nitrogens is 1. The number of benzene rings is 1. The molecule has 7 nitrogen and oxygen atoms in total. The third-order valence-electron chi connectivity index (χ3n) is 3.48. The van der Waals surface area contributed by atoms with Gasteiger partial charge in [-0.3, -0.25) is 9.69 Å². The Morgan fingerprint density at radius 2 is 1.95 bits per heavy atom. The van der Waals surface area contributed by atoms with Gasteiger partial charge in [-0.1, -0.05) is 6.07 Å². The Morgan fingerprint density at radius 3 is 2.64 bits per heavy atom. The highest BCUT2D eigenvalue weighted by atomic mass is 16.4. The maximum Gasteiger partial charge on any atom is 0.407 e. The van der Waals surface area contributed by atoms with Gasteiger partial charge in [-0.15, -0.1) is 0 Å². The molecule has 22 heavy (non-hydrogen) atoms. The lowest BCUT2D eigenvalue weighted by Gasteiger charge is -2.08. The number of pyridine rings is 1. The maximum absolute atomic E-state index is 12.1. The fourth-order valence-electron chi connectivity index (χ4n) is 2.34. The molecule has 1 aliphatic heterocycles. The Hall–Kier alpha value is -3.09. The molecule has 1 aromatic heterocycles. The SMILES string of the molecule is Nc1ccc(C(=O)Nc2ccc3c(c2)CN(C(=O)O)C3)nc1. The van der Waals surface area contributed by atoms with Crippen LogP contribution in [0.1, 0.15) is 21.6 Å². The van der Waals surface area contributed by atoms with Gasteiger partial charge in [-0.25, -0.2) is 9.78 Å². The molecule has 4 N–H and O–H groups in total. The zero-order valence-electron chi connectivity index (χ0n) is 11.6. The van der Waals surface area contributed by atoms with Crippen LogP contribution in [0.2, 0.25) is 0 Å². The Labute approximate surface area is 126 Å². The Bertz CT molecular complexity index is 743. The molecule has 0 bridgehead atoms. The molecule has 112 valence electrons. The average molecular weight is 298 g/mol. The van der Waals surface area contributed by atoms with Gasteiger partial charge in [0.15, 0.2) is 0 Å². The van der Waals surface area contributed by atoms with Gasteiger partial charge in [0, 0.05) is 18.8 Å². The van der Waals surface area contributed by atoms with Crippen LogP contribution in [0, 0.1) is 0 Å². The van der Waals surface area contributed by atoms with Gasteiger partial charge in [0.1, 0.15) is 5.69 Å². The van der Waals surface area contributed by atoms with E-state index in [4.69, 9.17) is 10.8 Å². The number of rotatable bonds is 2. The van der Waals surface area contributed by atoms with Crippen LogP contribution < -0.4 is 11.1 Å². The predicted molar refractivity (Wildman–Crippen MR) is 80.3 cm³/mol. The topological polar surface area (TPSA) is 109 Å². The van der Waals surface area contributed by atoms with Gasteiger partial charge >= 0.3 is 6.09 Å². The molecule has 3 rings (SSSR count). The summed E-state index contributed by atoms with van der Waals surface area (Å²) in [4.78, 5) is 28.3. The van der Waals surface area contributed by atoms with Gasteiger partial charge in [0.05, 0.1) is 11.9 Å². The summed E-state index contributed by atoms with van der Waals surface area (Å²) in [5.41, 5.74) is 8.74. The first-order valence-electron chi connectivity index (χ1n) is 6.65. The lowest BCUT2D eigenvalue weighted by atomic mass is 10.1. The summed E-state index contributed by atoms with van der Waals surface area (Å²) in [6, 6.07) is 8.51. The lowest BCUT2D eigenvalue weighted by Crippen LogP contribution is -2.22. The molecular formula is C15H14N4O3. The number of anilines is 2. The van der Waals surface area contributed by atoms with Crippen molar-refractivity contribution >= 4 is 23.4 Å². The molecule has 0 atom stereocenters. The normalized spacial score (nSPS) is 12.8. The highest BCUT2D eigenvalue weighted by molar-refractivity contribution is 6.03. The van der Waals surface area contributed by atoms with Gasteiger partial charge < -0.3 is 16.2 Å². The van der Waals surface area contributed by atoms with E-state index < -0.39 is 6.09 Å². The molecule has 0 unspecified atom stereocenters. The van der Waals surface area contributed by atoms with E-state index >= 15 is 0 Å². The van der Waals surface area contributed by atoms with Gasteiger partial charge in [0.25, 0.3) is 5.91 Å². The molecule has 2 amide bonds. The summed E-state index contributed by atoms with van der Waals surface area (Å²) in [5, 5.41) is 11.8. The molecule has 0 spiro atoms. The van der Waals surface area contributed by atoms with Crippen molar-refractivity contribution in [2.24, 2.45) is 0 Å². The first kappa shape index (κ1) is 13.9. The highest BCUT2D eigenvalue weighted by Crippen LogP contribution is 2.25. The van der Waals surface area contributed by atoms with Gasteiger partial charge in [0.2, 0.25) is 0 Å². The Morgan fingerprint density at radius 1 is 1.18 bits per heavy atom. The number of amides is 2. The average Bonchev–Trinajstić information content (AvgIpc) is 2.91. The molecule has 2 heterocycles. The van der Waals surface area contributed by atoms with Crippen molar-refractivity contribution in [2.45, 2.75) is 13.1 Å². The minimum Gasteiger partial charge on any atom is -0.465 e. The number of nitrogens with two attached hydrogens (primary N) is 1. The molecular weight excluding hydrogens is 284 g/mol. The molecule has 0 saturated carbocycles. The number of hydrogen-bond acceptors (Lipinski definition) is 4. The molecule has 0 fully saturated rings. The Balaban J connectivity index is 1.75. The van der Waals surface area contributed by atoms with E-state index in [0.717, 1.165) is 11.1 Å². The summed E-state index contributed by atoms with van der Waals surface area (Å²) >= 11 is 0. The van der Waals surface area contributed by atoms with Crippen LogP contribution in [0.3, 0.4) is 0 Å². The number of carbonyl (C=O) groups excluding carboxylic acids is 1. The van der Waals surface area contributed by atoms with Crippen molar-refractivity contribution in [3.63, 3.8) is 0 Å². The second-order valence-electron chi connectivity index (χ2n) is 5.05. The predicted octanol–water partition coefficient (Wildman–Crippen LogP) is 1.91. The van der Waals surface area contributed by atoms with Crippen LogP contribution in [0.15, 0.2) is 36.5 Å². The van der Waals surface area contributed by atoms with Crippen LogP contribution in [-0.4, -0.2) is 27.0 Å². The Kier molecular flexibility index (Phi) is 3.38. The zero-order chi connectivity index (χ0) is 15.7. The molecule has 2 aromatic rings. The molecule has 0 aliphatic carbocycles. The minimum absolute atomic E-state index is 0.266. The molecule has 0 saturated heterocycles. The largest absolute Gasteiger partial charge is 0.465 e. The number of carbonyl (C=O) groups is 2. The van der Waals surface area contributed by atoms with E-state index in [1.165, 1.54) is 11.1 Å². The number of hydrogen-bond donors (Lipinski definition) is 3. The van der Waals surface area contributed by atoms with E-state index in [1.54, 1.807) is 24.3 Å². The van der Waals surface area contributed by atoms with Crippen molar-refractivity contribution in [3.8, 4) is 0 Å². The number of carboxylic acid groups (broad SMARTS) is 1. The van der Waals surface area contributed by atoms with Crippen LogP contribution in [0.25, 0.3) is 0 Å². The van der Waals surface area contributed by atoms with Crippen molar-refractivity contribution in [3.05, 3.63) is 53.3 Å². The minimum atomic E-state index is -0.951. The molecule has 1 aliphatic rings. The summed E-state index contributed by atoms with van der Waals surface area (Å²) in [7, 11) is 0. The van der Waals surface area contributed by atoms with Crippen molar-refractivity contribution in [1.82, 2.24) is 9.88 Å². The number of nitrogen functional groups attached to an aromatic ring is 1. The lowest BCUT2D eigenvalue weighted by molar-refractivity contribution is 0.102. The monoisotopic (exact) mass is 298 g/mol. The van der Waals surface area contributed by atoms with E-state index in [2.05, 4.69) is 10.3 Å². The van der Waals surface area contributed by atoms with Crippen molar-refractivity contribution in [1.29, 1.82) is 0 Å². The summed E-state index contributed by atoms with van der Waals surface area (Å²) < 4.78 is 0. The highest BCUT2D eigenvalue weighted by Gasteiger charge is 2.23. The van der Waals surface area contributed by atoms with Crippen molar-refractivity contribution in [2.75, 3.05) is 11.1 Å². The van der Waals surface area contributed by atoms with Crippen LogP contribution in [0.5, 0.6) is 0 Å². The second-order valence-corrected chi connectivity index (χ2v) is 5.05. The molecule has 0 radical (unpaired) electrons. The third kappa shape index (κ3) is 2.69. The van der Waals surface area contributed by atoms with Gasteiger partial charge in [-0.2, -0.15) is 0 Å². The van der Waals surface area contributed by atoms with E-state index in [-0.39, 0.29) is 11.6 Å². The van der Waals surface area contributed by atoms with Gasteiger partial charge in [-0.05, 0) is 35.4 Å². The van der Waals surface area contributed by atoms with Crippen LogP contribution in [0.4, 0.5) is 16.2 Å². The number of fused-ring (bicyclic) bond motifs is 1. The van der Waals surface area contributed by atoms with Crippen LogP contribution >= 0.6 is 0 Å². The fraction of sp³-hybridized carbons (Fsp3) is 0.133. The van der Waals surface area contributed by atoms with E-state index in [0.29, 0.717) is 24.5 Å². The smallest absolute Gasteiger partial charge is 0.407 e. The summed E-state index contributed by atoms with van der Waals surface area (Å²) in [6.07, 6.45) is 0.468. The molecule has 1 aromatic carbocycles. The number of nitrogens with one attached hydrogen (secondary N) is 1. The zero-order valence-corrected chi connectivity index (χ0v) is 11.6. The summed E-state index contributed by atoms with van der Waals surface area (Å²) in [5.74, 6) is -0.340. The third-order valence-corrected chi connectivity index (χ3v) is 3.48. The van der Waals surface area contributed by atoms with Crippen molar-refractivity contribution < 1.29 is 14.7 Å². The second kappa shape index (κ2) is 5.36. The van der Waals surface area contributed by atoms with E-state index in [1.807, 2.05) is 6.07 Å². The molecule has 7 heteroatoms. The van der Waals surface area contributed by atoms with E-state index in [9.17, 15) is 9.59 Å². The quantitative estimate of drug-likeness (QED) is 0.784. The maximum atomic E-state index is 12.1. The van der Waals surface area contributed by atoms with Crippen LogP contribution in [-0.2, 0) is 13.1 Å². The standard InChI is InChI=1S/C15H14N4O3/c16-11-2-4-13(17-6-11)14(20)18-12-3-1-9-7-19(15(21)22)8-10(9)5-12/h1-6H,7-8,16H2,(H,18,20)(H,21,22). The first-order chi connectivity index (χ1) is 10.5. The number of nitrogens with zero attached hydrogens (tertiary/aromatic N) is 2. The fourth-order valence-corrected chi connectivity index (χ4v) is 2.34.